The third-order valence-corrected chi connectivity index (χ3v) is 3.60. The lowest BCUT2D eigenvalue weighted by Gasteiger charge is -2.33. The van der Waals surface area contributed by atoms with E-state index in [1.807, 2.05) is 11.0 Å². The van der Waals surface area contributed by atoms with Crippen LogP contribution in [0.15, 0.2) is 24.3 Å². The number of benzene rings is 1. The van der Waals surface area contributed by atoms with Gasteiger partial charge in [-0.3, -0.25) is 4.79 Å². The highest BCUT2D eigenvalue weighted by atomic mass is 16.3. The molecular weight excluding hydrogens is 240 g/mol. The van der Waals surface area contributed by atoms with Crippen molar-refractivity contribution in [2.75, 3.05) is 19.6 Å². The van der Waals surface area contributed by atoms with Crippen molar-refractivity contribution in [3.63, 3.8) is 0 Å². The van der Waals surface area contributed by atoms with Crippen molar-refractivity contribution < 1.29 is 9.90 Å². The Bertz CT molecular complexity index is 432. The van der Waals surface area contributed by atoms with E-state index in [1.54, 1.807) is 18.2 Å². The first-order valence-electron chi connectivity index (χ1n) is 6.98. The molecule has 104 valence electrons. The van der Waals surface area contributed by atoms with Crippen molar-refractivity contribution in [2.24, 2.45) is 0 Å². The van der Waals surface area contributed by atoms with Gasteiger partial charge >= 0.3 is 0 Å². The van der Waals surface area contributed by atoms with Crippen LogP contribution >= 0.6 is 0 Å². The number of rotatable bonds is 4. The van der Waals surface area contributed by atoms with Crippen LogP contribution in [-0.4, -0.2) is 41.6 Å². The van der Waals surface area contributed by atoms with Crippen LogP contribution < -0.4 is 5.32 Å². The first-order chi connectivity index (χ1) is 9.20. The predicted octanol–water partition coefficient (Wildman–Crippen LogP) is 1.54. The van der Waals surface area contributed by atoms with Crippen molar-refractivity contribution in [3.8, 4) is 5.75 Å². The summed E-state index contributed by atoms with van der Waals surface area (Å²) in [7, 11) is 0. The minimum atomic E-state index is 0.101. The highest BCUT2D eigenvalue weighted by Gasteiger charge is 2.23. The minimum Gasteiger partial charge on any atom is -0.508 e. The second-order valence-corrected chi connectivity index (χ2v) is 5.04. The number of phenolic OH excluding ortho intramolecular Hbond substituents is 1. The number of amides is 1. The highest BCUT2D eigenvalue weighted by molar-refractivity contribution is 5.79. The number of hydrogen-bond donors (Lipinski definition) is 2. The zero-order chi connectivity index (χ0) is 13.7. The molecule has 4 heteroatoms. The molecule has 1 saturated heterocycles. The Morgan fingerprint density at radius 2 is 2.26 bits per heavy atom. The third-order valence-electron chi connectivity index (χ3n) is 3.60. The second-order valence-electron chi connectivity index (χ2n) is 5.04. The molecule has 2 N–H and O–H groups in total. The van der Waals surface area contributed by atoms with Crippen LogP contribution in [0.5, 0.6) is 5.75 Å². The van der Waals surface area contributed by atoms with Crippen LogP contribution in [0.4, 0.5) is 0 Å². The summed E-state index contributed by atoms with van der Waals surface area (Å²) in [5.74, 6) is 0.306. The van der Waals surface area contributed by atoms with Crippen LogP contribution in [0, 0.1) is 0 Å². The minimum absolute atomic E-state index is 0.101. The molecule has 19 heavy (non-hydrogen) atoms. The Balaban J connectivity index is 1.94. The van der Waals surface area contributed by atoms with E-state index in [-0.39, 0.29) is 18.1 Å². The first kappa shape index (κ1) is 13.9. The van der Waals surface area contributed by atoms with E-state index in [0.717, 1.165) is 32.5 Å². The number of hydrogen-bond acceptors (Lipinski definition) is 3. The number of carbonyl (C=O) groups is 1. The summed E-state index contributed by atoms with van der Waals surface area (Å²) in [5, 5.41) is 13.1. The van der Waals surface area contributed by atoms with Gasteiger partial charge in [0.15, 0.2) is 0 Å². The summed E-state index contributed by atoms with van der Waals surface area (Å²) < 4.78 is 0. The maximum Gasteiger partial charge on any atom is 0.227 e. The Kier molecular flexibility index (Phi) is 4.80. The van der Waals surface area contributed by atoms with Crippen molar-refractivity contribution in [2.45, 2.75) is 32.2 Å². The van der Waals surface area contributed by atoms with Crippen LogP contribution in [0.2, 0.25) is 0 Å². The van der Waals surface area contributed by atoms with E-state index in [0.29, 0.717) is 11.6 Å². The van der Waals surface area contributed by atoms with Gasteiger partial charge in [-0.1, -0.05) is 25.1 Å². The molecule has 1 heterocycles. The molecule has 2 rings (SSSR count). The summed E-state index contributed by atoms with van der Waals surface area (Å²) in [6, 6.07) is 7.46. The van der Waals surface area contributed by atoms with E-state index in [4.69, 9.17) is 0 Å². The average Bonchev–Trinajstić information content (AvgIpc) is 2.42. The molecule has 0 aliphatic carbocycles. The molecule has 4 nitrogen and oxygen atoms in total. The van der Waals surface area contributed by atoms with E-state index >= 15 is 0 Å². The number of aromatic hydroxyl groups is 1. The van der Waals surface area contributed by atoms with Crippen LogP contribution in [-0.2, 0) is 11.2 Å². The molecule has 0 bridgehead atoms. The van der Waals surface area contributed by atoms with E-state index in [2.05, 4.69) is 12.2 Å². The Morgan fingerprint density at radius 1 is 1.47 bits per heavy atom. The molecular formula is C15H22N2O2. The monoisotopic (exact) mass is 262 g/mol. The van der Waals surface area contributed by atoms with Crippen LogP contribution in [0.1, 0.15) is 25.3 Å². The predicted molar refractivity (Wildman–Crippen MR) is 75.1 cm³/mol. The topological polar surface area (TPSA) is 52.6 Å². The number of carbonyl (C=O) groups excluding carboxylic acids is 1. The van der Waals surface area contributed by atoms with Crippen molar-refractivity contribution >= 4 is 5.91 Å². The molecule has 0 saturated carbocycles. The summed E-state index contributed by atoms with van der Waals surface area (Å²) in [4.78, 5) is 14.2. The van der Waals surface area contributed by atoms with E-state index in [1.165, 1.54) is 0 Å². The zero-order valence-corrected chi connectivity index (χ0v) is 11.4. The SMILES string of the molecule is CCNC1CCCN(C(=O)Cc2ccccc2O)C1. The maximum atomic E-state index is 12.3. The number of likely N-dealkylation sites (N-methyl/N-ethyl adjacent to an activating group) is 1. The number of nitrogens with zero attached hydrogens (tertiary/aromatic N) is 1. The molecule has 1 aromatic rings. The molecule has 1 unspecified atom stereocenters. The molecule has 1 amide bonds. The van der Waals surface area contributed by atoms with Crippen molar-refractivity contribution in [3.05, 3.63) is 29.8 Å². The van der Waals surface area contributed by atoms with Gasteiger partial charge in [-0.15, -0.1) is 0 Å². The van der Waals surface area contributed by atoms with Crippen molar-refractivity contribution in [1.29, 1.82) is 0 Å². The molecule has 1 aromatic carbocycles. The lowest BCUT2D eigenvalue weighted by atomic mass is 10.0. The summed E-state index contributed by atoms with van der Waals surface area (Å²) in [6.07, 6.45) is 2.46. The maximum absolute atomic E-state index is 12.3. The number of phenols is 1. The molecule has 1 fully saturated rings. The molecule has 0 aromatic heterocycles. The van der Waals surface area contributed by atoms with E-state index < -0.39 is 0 Å². The van der Waals surface area contributed by atoms with Gasteiger partial charge in [0.25, 0.3) is 0 Å². The number of piperidine rings is 1. The lowest BCUT2D eigenvalue weighted by molar-refractivity contribution is -0.131. The fraction of sp³-hybridized carbons (Fsp3) is 0.533. The first-order valence-corrected chi connectivity index (χ1v) is 6.98. The quantitative estimate of drug-likeness (QED) is 0.865. The second kappa shape index (κ2) is 6.57. The highest BCUT2D eigenvalue weighted by Crippen LogP contribution is 2.18. The Morgan fingerprint density at radius 3 is 3.00 bits per heavy atom. The average molecular weight is 262 g/mol. The third kappa shape index (κ3) is 3.70. The van der Waals surface area contributed by atoms with Gasteiger partial charge < -0.3 is 15.3 Å². The number of para-hydroxylation sites is 1. The number of likely N-dealkylation sites (tertiary alicyclic amines) is 1. The fourth-order valence-corrected chi connectivity index (χ4v) is 2.59. The van der Waals surface area contributed by atoms with Crippen LogP contribution in [0.3, 0.4) is 0 Å². The summed E-state index contributed by atoms with van der Waals surface area (Å²) >= 11 is 0. The lowest BCUT2D eigenvalue weighted by Crippen LogP contribution is -2.48. The normalized spacial score (nSPS) is 19.4. The van der Waals surface area contributed by atoms with Gasteiger partial charge in [0.05, 0.1) is 6.42 Å². The van der Waals surface area contributed by atoms with E-state index in [9.17, 15) is 9.90 Å². The molecule has 0 spiro atoms. The van der Waals surface area contributed by atoms with Gasteiger partial charge in [0.1, 0.15) is 5.75 Å². The fourth-order valence-electron chi connectivity index (χ4n) is 2.59. The molecule has 0 radical (unpaired) electrons. The molecule has 1 aliphatic rings. The van der Waals surface area contributed by atoms with Crippen molar-refractivity contribution in [1.82, 2.24) is 10.2 Å². The Labute approximate surface area is 114 Å². The summed E-state index contributed by atoms with van der Waals surface area (Å²) in [5.41, 5.74) is 0.707. The van der Waals surface area contributed by atoms with Crippen LogP contribution in [0.25, 0.3) is 0 Å². The van der Waals surface area contributed by atoms with Gasteiger partial charge in [-0.25, -0.2) is 0 Å². The Hall–Kier alpha value is -1.55. The largest absolute Gasteiger partial charge is 0.508 e. The standard InChI is InChI=1S/C15H22N2O2/c1-2-16-13-7-5-9-17(11-13)15(19)10-12-6-3-4-8-14(12)18/h3-4,6,8,13,16,18H,2,5,7,9-11H2,1H3. The molecule has 1 aliphatic heterocycles. The zero-order valence-electron chi connectivity index (χ0n) is 11.4. The smallest absolute Gasteiger partial charge is 0.227 e. The van der Waals surface area contributed by atoms with Gasteiger partial charge in [0.2, 0.25) is 5.91 Å². The van der Waals surface area contributed by atoms with Gasteiger partial charge in [-0.05, 0) is 25.5 Å². The van der Waals surface area contributed by atoms with Gasteiger partial charge in [0, 0.05) is 24.7 Å². The summed E-state index contributed by atoms with van der Waals surface area (Å²) in [6.45, 7) is 4.63. The van der Waals surface area contributed by atoms with Gasteiger partial charge in [-0.2, -0.15) is 0 Å². The molecule has 1 atom stereocenters. The number of nitrogens with one attached hydrogen (secondary N) is 1.